The Morgan fingerprint density at radius 3 is 2.33 bits per heavy atom. The maximum absolute atomic E-state index is 11.9. The lowest BCUT2D eigenvalue weighted by Gasteiger charge is -2.36. The number of amides is 1. The summed E-state index contributed by atoms with van der Waals surface area (Å²) in [5.41, 5.74) is 5.45. The summed E-state index contributed by atoms with van der Waals surface area (Å²) in [4.78, 5) is 27.9. The minimum absolute atomic E-state index is 0.0500. The number of nitrogens with zero attached hydrogens (tertiary/aromatic N) is 1. The zero-order valence-electron chi connectivity index (χ0n) is 23.7. The van der Waals surface area contributed by atoms with Crippen LogP contribution in [0.2, 0.25) is 0 Å². The summed E-state index contributed by atoms with van der Waals surface area (Å²) in [6.45, 7) is 0.153. The zero-order valence-corrected chi connectivity index (χ0v) is 26.8. The molecule has 1 amide bonds. The first-order valence-corrected chi connectivity index (χ1v) is 16.1. The average molecular weight is 688 g/mol. The highest BCUT2D eigenvalue weighted by Crippen LogP contribution is 2.40. The van der Waals surface area contributed by atoms with E-state index in [9.17, 15) is 19.8 Å². The van der Waals surface area contributed by atoms with E-state index in [1.54, 1.807) is 12.3 Å². The third-order valence-corrected chi connectivity index (χ3v) is 8.83. The van der Waals surface area contributed by atoms with E-state index in [1.165, 1.54) is 17.8 Å². The number of rotatable bonds is 10. The van der Waals surface area contributed by atoms with Crippen LogP contribution in [-0.2, 0) is 27.4 Å². The molecule has 3 N–H and O–H groups in total. The highest BCUT2D eigenvalue weighted by molar-refractivity contribution is 7.99. The van der Waals surface area contributed by atoms with E-state index in [0.29, 0.717) is 17.2 Å². The molecule has 0 unspecified atom stereocenters. The number of aromatic carboxylic acids is 1. The summed E-state index contributed by atoms with van der Waals surface area (Å²) in [6, 6.07) is 26.3. The Hall–Kier alpha value is -3.15. The van der Waals surface area contributed by atoms with Gasteiger partial charge in [0.15, 0.2) is 6.29 Å². The van der Waals surface area contributed by atoms with Gasteiger partial charge in [0.1, 0.15) is 5.03 Å². The van der Waals surface area contributed by atoms with E-state index in [-0.39, 0.29) is 30.9 Å². The quantitative estimate of drug-likeness (QED) is 0.118. The lowest BCUT2D eigenvalue weighted by atomic mass is 9.99. The lowest BCUT2D eigenvalue weighted by Crippen LogP contribution is -2.33. The molecule has 0 saturated carbocycles. The standard InChI is InChI=1S/C33H29Cl3N2O6S/c34-33(35,36)32(42)38-17-21-3-1-4-25(15-21)22-10-12-24(13-11-22)31-43-26(19-45-29-27(30(40)41)5-2-14-37-29)16-28(44-31)23-8-6-20(18-39)7-9-23/h1-15,26,28,31,39H,16-19H2,(H,38,42)(H,40,41)/t26-,28+,31+/m0/s1. The topological polar surface area (TPSA) is 118 Å². The molecule has 0 radical (unpaired) electrons. The molecule has 1 aliphatic heterocycles. The number of aliphatic hydroxyl groups excluding tert-OH is 1. The number of ether oxygens (including phenoxy) is 2. The Labute approximate surface area is 279 Å². The van der Waals surface area contributed by atoms with Crippen LogP contribution in [0.5, 0.6) is 0 Å². The summed E-state index contributed by atoms with van der Waals surface area (Å²) >= 11 is 18.3. The minimum Gasteiger partial charge on any atom is -0.478 e. The number of hydrogen-bond acceptors (Lipinski definition) is 7. The van der Waals surface area contributed by atoms with Gasteiger partial charge in [-0.1, -0.05) is 102 Å². The van der Waals surface area contributed by atoms with Gasteiger partial charge in [-0.2, -0.15) is 0 Å². The van der Waals surface area contributed by atoms with Crippen molar-refractivity contribution in [2.75, 3.05) is 5.75 Å². The van der Waals surface area contributed by atoms with Gasteiger partial charge in [-0.05, 0) is 46.0 Å². The Kier molecular flexibility index (Phi) is 11.0. The predicted molar refractivity (Wildman–Crippen MR) is 174 cm³/mol. The van der Waals surface area contributed by atoms with Gasteiger partial charge in [-0.3, -0.25) is 4.79 Å². The number of thioether (sulfide) groups is 1. The second kappa shape index (κ2) is 15.0. The van der Waals surface area contributed by atoms with Gasteiger partial charge in [0.2, 0.25) is 0 Å². The van der Waals surface area contributed by atoms with Crippen molar-refractivity contribution < 1.29 is 29.3 Å². The molecule has 1 saturated heterocycles. The lowest BCUT2D eigenvalue weighted by molar-refractivity contribution is -0.245. The van der Waals surface area contributed by atoms with Crippen LogP contribution in [0.3, 0.4) is 0 Å². The van der Waals surface area contributed by atoms with Crippen molar-refractivity contribution in [3.63, 3.8) is 0 Å². The van der Waals surface area contributed by atoms with Gasteiger partial charge in [-0.25, -0.2) is 9.78 Å². The van der Waals surface area contributed by atoms with E-state index >= 15 is 0 Å². The smallest absolute Gasteiger partial charge is 0.338 e. The van der Waals surface area contributed by atoms with Gasteiger partial charge < -0.3 is 25.0 Å². The van der Waals surface area contributed by atoms with Crippen molar-refractivity contribution in [3.8, 4) is 11.1 Å². The summed E-state index contributed by atoms with van der Waals surface area (Å²) < 4.78 is 10.8. The van der Waals surface area contributed by atoms with Gasteiger partial charge in [-0.15, -0.1) is 11.8 Å². The molecule has 1 aromatic heterocycles. The van der Waals surface area contributed by atoms with Gasteiger partial charge in [0, 0.05) is 30.5 Å². The van der Waals surface area contributed by atoms with Crippen LogP contribution in [0.15, 0.2) is 96.2 Å². The summed E-state index contributed by atoms with van der Waals surface area (Å²) in [5.74, 6) is -1.25. The molecular weight excluding hydrogens is 659 g/mol. The molecule has 5 rings (SSSR count). The molecule has 45 heavy (non-hydrogen) atoms. The number of hydrogen-bond donors (Lipinski definition) is 3. The number of carboxylic acid groups (broad SMARTS) is 1. The first kappa shape index (κ1) is 33.2. The average Bonchev–Trinajstić information content (AvgIpc) is 3.06. The SMILES string of the molecule is O=C(O)c1cccnc1SC[C@@H]1C[C@H](c2ccc(CO)cc2)O[C@H](c2ccc(-c3cccc(CNC(=O)C(Cl)(Cl)Cl)c3)cc2)O1. The van der Waals surface area contributed by atoms with E-state index in [4.69, 9.17) is 44.3 Å². The fraction of sp³-hybridized carbons (Fsp3) is 0.242. The van der Waals surface area contributed by atoms with Gasteiger partial charge in [0.25, 0.3) is 9.70 Å². The summed E-state index contributed by atoms with van der Waals surface area (Å²) in [7, 11) is 0. The van der Waals surface area contributed by atoms with E-state index in [1.807, 2.05) is 72.8 Å². The van der Waals surface area contributed by atoms with Crippen molar-refractivity contribution in [2.45, 2.75) is 46.9 Å². The maximum atomic E-state index is 11.9. The molecule has 2 heterocycles. The Balaban J connectivity index is 1.33. The number of alkyl halides is 3. The van der Waals surface area contributed by atoms with Crippen molar-refractivity contribution in [3.05, 3.63) is 119 Å². The molecule has 0 spiro atoms. The molecule has 0 bridgehead atoms. The number of carbonyl (C=O) groups is 2. The van der Waals surface area contributed by atoms with Crippen molar-refractivity contribution in [2.24, 2.45) is 0 Å². The van der Waals surface area contributed by atoms with Gasteiger partial charge >= 0.3 is 5.97 Å². The van der Waals surface area contributed by atoms with Crippen LogP contribution in [-0.4, -0.2) is 42.7 Å². The molecule has 234 valence electrons. The van der Waals surface area contributed by atoms with Crippen LogP contribution < -0.4 is 5.32 Å². The maximum Gasteiger partial charge on any atom is 0.338 e. The fourth-order valence-electron chi connectivity index (χ4n) is 4.84. The largest absolute Gasteiger partial charge is 0.478 e. The van der Waals surface area contributed by atoms with Gasteiger partial charge in [0.05, 0.1) is 24.4 Å². The highest BCUT2D eigenvalue weighted by Gasteiger charge is 2.33. The summed E-state index contributed by atoms with van der Waals surface area (Å²) in [6.07, 6.45) is 0.900. The van der Waals surface area contributed by atoms with Crippen LogP contribution >= 0.6 is 46.6 Å². The Bertz CT molecular complexity index is 1630. The van der Waals surface area contributed by atoms with Crippen LogP contribution in [0, 0.1) is 0 Å². The Morgan fingerprint density at radius 2 is 1.64 bits per heavy atom. The first-order valence-electron chi connectivity index (χ1n) is 14.0. The van der Waals surface area contributed by atoms with Crippen molar-refractivity contribution >= 4 is 58.4 Å². The van der Waals surface area contributed by atoms with E-state index < -0.39 is 22.0 Å². The second-order valence-corrected chi connectivity index (χ2v) is 13.6. The number of benzene rings is 3. The molecule has 3 atom stereocenters. The van der Waals surface area contributed by atoms with Crippen LogP contribution in [0.1, 0.15) is 51.4 Å². The highest BCUT2D eigenvalue weighted by atomic mass is 35.6. The number of aliphatic hydroxyl groups is 1. The second-order valence-electron chi connectivity index (χ2n) is 10.3. The van der Waals surface area contributed by atoms with Crippen LogP contribution in [0.25, 0.3) is 11.1 Å². The normalized spacial score (nSPS) is 18.4. The van der Waals surface area contributed by atoms with E-state index in [2.05, 4.69) is 10.3 Å². The number of aromatic nitrogens is 1. The Morgan fingerprint density at radius 1 is 0.911 bits per heavy atom. The molecule has 1 aliphatic rings. The van der Waals surface area contributed by atoms with Crippen molar-refractivity contribution in [1.29, 1.82) is 0 Å². The monoisotopic (exact) mass is 686 g/mol. The number of carbonyl (C=O) groups excluding carboxylic acids is 1. The molecule has 4 aromatic rings. The van der Waals surface area contributed by atoms with E-state index in [0.717, 1.165) is 33.4 Å². The number of nitrogens with one attached hydrogen (secondary N) is 1. The minimum atomic E-state index is -2.03. The fourth-order valence-corrected chi connectivity index (χ4v) is 6.04. The van der Waals surface area contributed by atoms with Crippen LogP contribution in [0.4, 0.5) is 0 Å². The third-order valence-electron chi connectivity index (χ3n) is 7.18. The molecule has 8 nitrogen and oxygen atoms in total. The first-order chi connectivity index (χ1) is 21.6. The molecule has 12 heteroatoms. The number of carboxylic acids is 1. The molecule has 1 fully saturated rings. The molecular formula is C33H29Cl3N2O6S. The third kappa shape index (κ3) is 8.77. The number of pyridine rings is 1. The summed E-state index contributed by atoms with van der Waals surface area (Å²) in [5, 5.41) is 22.1. The predicted octanol–water partition coefficient (Wildman–Crippen LogP) is 7.26. The molecule has 3 aromatic carbocycles. The molecule has 0 aliphatic carbocycles. The number of halogens is 3. The van der Waals surface area contributed by atoms with Crippen molar-refractivity contribution in [1.82, 2.24) is 10.3 Å². The zero-order chi connectivity index (χ0) is 32.0.